The topological polar surface area (TPSA) is 32.3 Å². The summed E-state index contributed by atoms with van der Waals surface area (Å²) in [5, 5.41) is 11.1. The van der Waals surface area contributed by atoms with E-state index in [2.05, 4.69) is 5.32 Å². The first-order chi connectivity index (χ1) is 6.17. The van der Waals surface area contributed by atoms with Crippen molar-refractivity contribution in [2.24, 2.45) is 5.41 Å². The molecule has 0 aromatic rings. The van der Waals surface area contributed by atoms with Gasteiger partial charge in [0.2, 0.25) is 0 Å². The summed E-state index contributed by atoms with van der Waals surface area (Å²) in [5.74, 6) is 0. The van der Waals surface area contributed by atoms with E-state index in [4.69, 9.17) is 5.11 Å². The van der Waals surface area contributed by atoms with Gasteiger partial charge < -0.3 is 10.4 Å². The van der Waals surface area contributed by atoms with Gasteiger partial charge in [-0.05, 0) is 11.8 Å². The lowest BCUT2D eigenvalue weighted by Gasteiger charge is -2.31. The van der Waals surface area contributed by atoms with E-state index in [1.165, 1.54) is 0 Å². The fourth-order valence-corrected chi connectivity index (χ4v) is 1.21. The number of hydrogen-bond donors (Lipinski definition) is 2. The lowest BCUT2D eigenvalue weighted by molar-refractivity contribution is -0.127. The largest absolute Gasteiger partial charge is 0.401 e. The average molecular weight is 213 g/mol. The van der Waals surface area contributed by atoms with Crippen molar-refractivity contribution in [1.29, 1.82) is 0 Å². The van der Waals surface area contributed by atoms with Gasteiger partial charge in [-0.15, -0.1) is 0 Å². The van der Waals surface area contributed by atoms with E-state index in [1.807, 2.05) is 20.8 Å². The molecular weight excluding hydrogens is 195 g/mol. The summed E-state index contributed by atoms with van der Waals surface area (Å²) in [6.45, 7) is 4.42. The molecule has 86 valence electrons. The zero-order valence-corrected chi connectivity index (χ0v) is 8.78. The molecule has 0 saturated carbocycles. The molecule has 1 atom stereocenters. The summed E-state index contributed by atoms with van der Waals surface area (Å²) in [6, 6.07) is -0.325. The molecule has 14 heavy (non-hydrogen) atoms. The quantitative estimate of drug-likeness (QED) is 0.748. The van der Waals surface area contributed by atoms with Crippen LogP contribution in [0.5, 0.6) is 0 Å². The smallest absolute Gasteiger partial charge is 0.396 e. The van der Waals surface area contributed by atoms with E-state index in [1.54, 1.807) is 0 Å². The molecule has 0 bridgehead atoms. The molecule has 0 aliphatic carbocycles. The monoisotopic (exact) mass is 213 g/mol. The summed E-state index contributed by atoms with van der Waals surface area (Å²) in [6.07, 6.45) is -3.86. The van der Waals surface area contributed by atoms with Crippen molar-refractivity contribution in [2.45, 2.75) is 39.4 Å². The Balaban J connectivity index is 4.12. The Labute approximate surface area is 82.5 Å². The summed E-state index contributed by atoms with van der Waals surface area (Å²) < 4.78 is 35.8. The van der Waals surface area contributed by atoms with Crippen molar-refractivity contribution < 1.29 is 18.3 Å². The number of aliphatic hydroxyl groups is 1. The van der Waals surface area contributed by atoms with Gasteiger partial charge in [0.05, 0.1) is 6.54 Å². The Morgan fingerprint density at radius 3 is 2.00 bits per heavy atom. The minimum atomic E-state index is -4.20. The van der Waals surface area contributed by atoms with Crippen LogP contribution in [-0.2, 0) is 0 Å². The maximum Gasteiger partial charge on any atom is 0.401 e. The van der Waals surface area contributed by atoms with Crippen LogP contribution in [0.1, 0.15) is 27.2 Å². The average Bonchev–Trinajstić information content (AvgIpc) is 1.93. The van der Waals surface area contributed by atoms with E-state index < -0.39 is 12.7 Å². The van der Waals surface area contributed by atoms with E-state index in [9.17, 15) is 13.2 Å². The van der Waals surface area contributed by atoms with Crippen LogP contribution in [-0.4, -0.2) is 30.5 Å². The number of alkyl halides is 3. The van der Waals surface area contributed by atoms with Crippen LogP contribution in [0.4, 0.5) is 13.2 Å². The minimum Gasteiger partial charge on any atom is -0.396 e. The molecule has 1 unspecified atom stereocenters. The van der Waals surface area contributed by atoms with Crippen molar-refractivity contribution in [1.82, 2.24) is 5.32 Å². The summed E-state index contributed by atoms with van der Waals surface area (Å²) in [4.78, 5) is 0. The zero-order valence-electron chi connectivity index (χ0n) is 8.78. The maximum atomic E-state index is 11.9. The highest BCUT2D eigenvalue weighted by atomic mass is 19.4. The normalized spacial score (nSPS) is 15.6. The van der Waals surface area contributed by atoms with E-state index >= 15 is 0 Å². The first-order valence-corrected chi connectivity index (χ1v) is 4.58. The number of aliphatic hydroxyl groups excluding tert-OH is 1. The molecule has 0 aliphatic heterocycles. The molecule has 0 spiro atoms. The Bertz CT molecular complexity index is 162. The maximum absolute atomic E-state index is 11.9. The summed E-state index contributed by atoms with van der Waals surface area (Å²) in [7, 11) is 0. The van der Waals surface area contributed by atoms with Crippen molar-refractivity contribution >= 4 is 0 Å². The second kappa shape index (κ2) is 4.98. The van der Waals surface area contributed by atoms with Crippen LogP contribution in [0.25, 0.3) is 0 Å². The Morgan fingerprint density at radius 2 is 1.71 bits per heavy atom. The Morgan fingerprint density at radius 1 is 1.21 bits per heavy atom. The van der Waals surface area contributed by atoms with Crippen LogP contribution in [0.15, 0.2) is 0 Å². The Hall–Kier alpha value is -0.290. The number of rotatable bonds is 4. The third kappa shape index (κ3) is 6.21. The molecule has 0 radical (unpaired) electrons. The SMILES string of the molecule is CC(C)(C)C(CCO)NCC(F)(F)F. The van der Waals surface area contributed by atoms with E-state index in [0.717, 1.165) is 0 Å². The van der Waals surface area contributed by atoms with Gasteiger partial charge in [-0.1, -0.05) is 20.8 Å². The van der Waals surface area contributed by atoms with Gasteiger partial charge >= 0.3 is 6.18 Å². The first kappa shape index (κ1) is 13.7. The second-order valence-electron chi connectivity index (χ2n) is 4.43. The van der Waals surface area contributed by atoms with Crippen LogP contribution in [0.2, 0.25) is 0 Å². The standard InChI is InChI=1S/C9H18F3NO/c1-8(2,3)7(4-5-14)13-6-9(10,11)12/h7,13-14H,4-6H2,1-3H3. The molecule has 0 aliphatic rings. The van der Waals surface area contributed by atoms with Gasteiger partial charge in [-0.2, -0.15) is 13.2 Å². The fraction of sp³-hybridized carbons (Fsp3) is 1.00. The van der Waals surface area contributed by atoms with Crippen molar-refractivity contribution in [3.05, 3.63) is 0 Å². The van der Waals surface area contributed by atoms with Gasteiger partial charge in [0, 0.05) is 12.6 Å². The molecule has 0 rings (SSSR count). The predicted octanol–water partition coefficient (Wildman–Crippen LogP) is 1.94. The summed E-state index contributed by atoms with van der Waals surface area (Å²) >= 11 is 0. The number of halogens is 3. The molecule has 0 amide bonds. The third-order valence-electron chi connectivity index (χ3n) is 2.01. The summed E-state index contributed by atoms with van der Waals surface area (Å²) in [5.41, 5.74) is -0.284. The highest BCUT2D eigenvalue weighted by Gasteiger charge is 2.31. The molecule has 5 heteroatoms. The van der Waals surface area contributed by atoms with Gasteiger partial charge in [0.1, 0.15) is 0 Å². The van der Waals surface area contributed by atoms with Crippen LogP contribution in [0.3, 0.4) is 0 Å². The molecule has 0 saturated heterocycles. The molecular formula is C9H18F3NO. The molecule has 0 fully saturated rings. The third-order valence-corrected chi connectivity index (χ3v) is 2.01. The van der Waals surface area contributed by atoms with Gasteiger partial charge in [-0.25, -0.2) is 0 Å². The predicted molar refractivity (Wildman–Crippen MR) is 49.0 cm³/mol. The molecule has 2 N–H and O–H groups in total. The fourth-order valence-electron chi connectivity index (χ4n) is 1.21. The first-order valence-electron chi connectivity index (χ1n) is 4.58. The van der Waals surface area contributed by atoms with Crippen molar-refractivity contribution in [3.8, 4) is 0 Å². The van der Waals surface area contributed by atoms with Gasteiger partial charge in [0.25, 0.3) is 0 Å². The van der Waals surface area contributed by atoms with Crippen molar-refractivity contribution in [3.63, 3.8) is 0 Å². The lowest BCUT2D eigenvalue weighted by atomic mass is 9.85. The van der Waals surface area contributed by atoms with Gasteiger partial charge in [0.15, 0.2) is 0 Å². The zero-order chi connectivity index (χ0) is 11.4. The number of hydrogen-bond acceptors (Lipinski definition) is 2. The minimum absolute atomic E-state index is 0.104. The van der Waals surface area contributed by atoms with E-state index in [0.29, 0.717) is 6.42 Å². The highest BCUT2D eigenvalue weighted by molar-refractivity contribution is 4.81. The molecule has 0 heterocycles. The van der Waals surface area contributed by atoms with Crippen LogP contribution < -0.4 is 5.32 Å². The van der Waals surface area contributed by atoms with Crippen molar-refractivity contribution in [2.75, 3.05) is 13.2 Å². The van der Waals surface area contributed by atoms with E-state index in [-0.39, 0.29) is 18.1 Å². The van der Waals surface area contributed by atoms with Crippen LogP contribution >= 0.6 is 0 Å². The molecule has 2 nitrogen and oxygen atoms in total. The Kier molecular flexibility index (Phi) is 4.88. The van der Waals surface area contributed by atoms with Crippen LogP contribution in [0, 0.1) is 5.41 Å². The highest BCUT2D eigenvalue weighted by Crippen LogP contribution is 2.23. The molecule has 0 aromatic heterocycles. The second-order valence-corrected chi connectivity index (χ2v) is 4.43. The lowest BCUT2D eigenvalue weighted by Crippen LogP contribution is -2.45. The number of nitrogens with one attached hydrogen (secondary N) is 1. The van der Waals surface area contributed by atoms with Gasteiger partial charge in [-0.3, -0.25) is 0 Å². The molecule has 0 aromatic carbocycles.